The summed E-state index contributed by atoms with van der Waals surface area (Å²) in [6.07, 6.45) is 1.29. The Morgan fingerprint density at radius 2 is 2.07 bits per heavy atom. The van der Waals surface area contributed by atoms with Gasteiger partial charge in [-0.15, -0.1) is 0 Å². The maximum atomic E-state index is 11.5. The molecule has 0 saturated heterocycles. The zero-order valence-electron chi connectivity index (χ0n) is 8.07. The molecule has 0 fully saturated rings. The van der Waals surface area contributed by atoms with Crippen LogP contribution in [0.1, 0.15) is 17.3 Å². The molecule has 0 heterocycles. The molecule has 3 heteroatoms. The summed E-state index contributed by atoms with van der Waals surface area (Å²) in [7, 11) is 0. The summed E-state index contributed by atoms with van der Waals surface area (Å²) >= 11 is 0. The smallest absolute Gasteiger partial charge is 0.191 e. The fourth-order valence-corrected chi connectivity index (χ4v) is 1.02. The number of hydrogen-bond donors (Lipinski definition) is 1. The zero-order valence-corrected chi connectivity index (χ0v) is 8.07. The molecule has 0 aliphatic heterocycles. The SMILES string of the molecule is CCO/C(N)=C\C(=O)c1ccccc1. The van der Waals surface area contributed by atoms with E-state index in [0.717, 1.165) is 0 Å². The average Bonchev–Trinajstić information content (AvgIpc) is 2.19. The van der Waals surface area contributed by atoms with Gasteiger partial charge < -0.3 is 10.5 Å². The van der Waals surface area contributed by atoms with Crippen LogP contribution in [-0.4, -0.2) is 12.4 Å². The van der Waals surface area contributed by atoms with Crippen molar-refractivity contribution in [3.63, 3.8) is 0 Å². The molecule has 0 saturated carbocycles. The molecule has 0 aliphatic carbocycles. The summed E-state index contributed by atoms with van der Waals surface area (Å²) < 4.78 is 4.95. The second-order valence-corrected chi connectivity index (χ2v) is 2.71. The molecular weight excluding hydrogens is 178 g/mol. The number of carbonyl (C=O) groups is 1. The van der Waals surface area contributed by atoms with Crippen LogP contribution < -0.4 is 5.73 Å². The molecule has 14 heavy (non-hydrogen) atoms. The fourth-order valence-electron chi connectivity index (χ4n) is 1.02. The molecular formula is C11H13NO2. The van der Waals surface area contributed by atoms with Crippen LogP contribution in [0.3, 0.4) is 0 Å². The molecule has 3 nitrogen and oxygen atoms in total. The number of allylic oxidation sites excluding steroid dienone is 1. The van der Waals surface area contributed by atoms with Gasteiger partial charge in [0.05, 0.1) is 6.61 Å². The lowest BCUT2D eigenvalue weighted by molar-refractivity contribution is 0.103. The van der Waals surface area contributed by atoms with Crippen LogP contribution in [0, 0.1) is 0 Å². The molecule has 0 unspecified atom stereocenters. The summed E-state index contributed by atoms with van der Waals surface area (Å²) in [4.78, 5) is 11.5. The molecule has 1 rings (SSSR count). The maximum Gasteiger partial charge on any atom is 0.191 e. The molecule has 2 N–H and O–H groups in total. The zero-order chi connectivity index (χ0) is 10.4. The van der Waals surface area contributed by atoms with Gasteiger partial charge in [-0.25, -0.2) is 0 Å². The van der Waals surface area contributed by atoms with Gasteiger partial charge in [0.2, 0.25) is 0 Å². The highest BCUT2D eigenvalue weighted by Crippen LogP contribution is 2.02. The molecule has 0 aliphatic rings. The molecule has 0 amide bonds. The van der Waals surface area contributed by atoms with Crippen molar-refractivity contribution in [2.45, 2.75) is 6.92 Å². The molecule has 0 atom stereocenters. The second-order valence-electron chi connectivity index (χ2n) is 2.71. The minimum absolute atomic E-state index is 0.142. The van der Waals surface area contributed by atoms with Gasteiger partial charge in [-0.1, -0.05) is 30.3 Å². The van der Waals surface area contributed by atoms with E-state index in [0.29, 0.717) is 12.2 Å². The number of ether oxygens (including phenoxy) is 1. The van der Waals surface area contributed by atoms with Crippen LogP contribution in [-0.2, 0) is 4.74 Å². The quantitative estimate of drug-likeness (QED) is 0.447. The van der Waals surface area contributed by atoms with E-state index in [1.165, 1.54) is 6.08 Å². The first-order valence-electron chi connectivity index (χ1n) is 4.43. The number of benzene rings is 1. The highest BCUT2D eigenvalue weighted by Gasteiger charge is 2.02. The molecule has 1 aromatic carbocycles. The third-order valence-corrected chi connectivity index (χ3v) is 1.64. The maximum absolute atomic E-state index is 11.5. The Morgan fingerprint density at radius 3 is 2.64 bits per heavy atom. The van der Waals surface area contributed by atoms with E-state index in [9.17, 15) is 4.79 Å². The molecule has 0 radical (unpaired) electrons. The molecule has 1 aromatic rings. The van der Waals surface area contributed by atoms with Crippen LogP contribution in [0.2, 0.25) is 0 Å². The summed E-state index contributed by atoms with van der Waals surface area (Å²) in [5, 5.41) is 0. The van der Waals surface area contributed by atoms with Crippen molar-refractivity contribution >= 4 is 5.78 Å². The largest absolute Gasteiger partial charge is 0.480 e. The van der Waals surface area contributed by atoms with Gasteiger partial charge in [0.15, 0.2) is 11.7 Å². The first-order valence-corrected chi connectivity index (χ1v) is 4.43. The van der Waals surface area contributed by atoms with Gasteiger partial charge in [0.1, 0.15) is 0 Å². The van der Waals surface area contributed by atoms with Crippen LogP contribution in [0.25, 0.3) is 0 Å². The van der Waals surface area contributed by atoms with E-state index >= 15 is 0 Å². The monoisotopic (exact) mass is 191 g/mol. The predicted molar refractivity (Wildman–Crippen MR) is 54.7 cm³/mol. The van der Waals surface area contributed by atoms with Crippen LogP contribution in [0.5, 0.6) is 0 Å². The fraction of sp³-hybridized carbons (Fsp3) is 0.182. The van der Waals surface area contributed by atoms with Gasteiger partial charge in [-0.05, 0) is 6.92 Å². The van der Waals surface area contributed by atoms with Crippen LogP contribution in [0.15, 0.2) is 42.3 Å². The Kier molecular flexibility index (Phi) is 3.73. The Hall–Kier alpha value is -1.77. The lowest BCUT2D eigenvalue weighted by Crippen LogP contribution is -2.06. The first kappa shape index (κ1) is 10.3. The standard InChI is InChI=1S/C11H13NO2/c1-2-14-11(12)8-10(13)9-6-4-3-5-7-9/h3-8H,2,12H2,1H3/b11-8-. The summed E-state index contributed by atoms with van der Waals surface area (Å²) in [6.45, 7) is 2.28. The number of nitrogens with two attached hydrogens (primary N) is 1. The van der Waals surface area contributed by atoms with Gasteiger partial charge in [-0.3, -0.25) is 4.79 Å². The minimum Gasteiger partial charge on any atom is -0.480 e. The van der Waals surface area contributed by atoms with Crippen molar-refractivity contribution in [1.82, 2.24) is 0 Å². The van der Waals surface area contributed by atoms with E-state index in [1.54, 1.807) is 24.3 Å². The van der Waals surface area contributed by atoms with E-state index < -0.39 is 0 Å². The Balaban J connectivity index is 2.72. The number of hydrogen-bond acceptors (Lipinski definition) is 3. The Labute approximate surface area is 83.2 Å². The van der Waals surface area contributed by atoms with Crippen molar-refractivity contribution in [3.8, 4) is 0 Å². The van der Waals surface area contributed by atoms with Crippen molar-refractivity contribution in [2.24, 2.45) is 5.73 Å². The van der Waals surface area contributed by atoms with Crippen molar-refractivity contribution in [3.05, 3.63) is 47.9 Å². The van der Waals surface area contributed by atoms with Crippen molar-refractivity contribution < 1.29 is 9.53 Å². The van der Waals surface area contributed by atoms with Gasteiger partial charge in [0, 0.05) is 11.6 Å². The minimum atomic E-state index is -0.142. The summed E-state index contributed by atoms with van der Waals surface area (Å²) in [6, 6.07) is 8.93. The van der Waals surface area contributed by atoms with E-state index in [2.05, 4.69) is 0 Å². The Bertz CT molecular complexity index is 330. The topological polar surface area (TPSA) is 52.3 Å². The molecule has 0 aromatic heterocycles. The van der Waals surface area contributed by atoms with Crippen LogP contribution in [0.4, 0.5) is 0 Å². The van der Waals surface area contributed by atoms with Gasteiger partial charge in [-0.2, -0.15) is 0 Å². The highest BCUT2D eigenvalue weighted by atomic mass is 16.5. The Morgan fingerprint density at radius 1 is 1.43 bits per heavy atom. The highest BCUT2D eigenvalue weighted by molar-refractivity contribution is 6.04. The molecule has 0 spiro atoms. The third-order valence-electron chi connectivity index (χ3n) is 1.64. The van der Waals surface area contributed by atoms with E-state index in [4.69, 9.17) is 10.5 Å². The normalized spacial score (nSPS) is 11.1. The van der Waals surface area contributed by atoms with Gasteiger partial charge in [0.25, 0.3) is 0 Å². The number of carbonyl (C=O) groups excluding carboxylic acids is 1. The van der Waals surface area contributed by atoms with Crippen molar-refractivity contribution in [2.75, 3.05) is 6.61 Å². The van der Waals surface area contributed by atoms with E-state index in [-0.39, 0.29) is 11.7 Å². The lowest BCUT2D eigenvalue weighted by atomic mass is 10.1. The first-order chi connectivity index (χ1) is 6.74. The summed E-state index contributed by atoms with van der Waals surface area (Å²) in [5.41, 5.74) is 6.05. The van der Waals surface area contributed by atoms with E-state index in [1.807, 2.05) is 13.0 Å². The van der Waals surface area contributed by atoms with Crippen LogP contribution >= 0.6 is 0 Å². The average molecular weight is 191 g/mol. The number of ketones is 1. The van der Waals surface area contributed by atoms with Crippen molar-refractivity contribution in [1.29, 1.82) is 0 Å². The third kappa shape index (κ3) is 2.94. The predicted octanol–water partition coefficient (Wildman–Crippen LogP) is 1.71. The second kappa shape index (κ2) is 5.07. The summed E-state index contributed by atoms with van der Waals surface area (Å²) in [5.74, 6) is 0.0119. The molecule has 74 valence electrons. The molecule has 0 bridgehead atoms. The van der Waals surface area contributed by atoms with Gasteiger partial charge >= 0.3 is 0 Å². The number of rotatable bonds is 4. The lowest BCUT2D eigenvalue weighted by Gasteiger charge is -2.01.